The summed E-state index contributed by atoms with van der Waals surface area (Å²) in [5.41, 5.74) is 0.920. The van der Waals surface area contributed by atoms with Gasteiger partial charge in [0.25, 0.3) is 0 Å². The lowest BCUT2D eigenvalue weighted by atomic mass is 10.1. The highest BCUT2D eigenvalue weighted by Crippen LogP contribution is 2.20. The number of alkyl carbamates (subject to hydrolysis) is 1. The van der Waals surface area contributed by atoms with E-state index in [9.17, 15) is 22.8 Å². The van der Waals surface area contributed by atoms with Crippen molar-refractivity contribution < 1.29 is 32.3 Å². The summed E-state index contributed by atoms with van der Waals surface area (Å²) in [4.78, 5) is 26.6. The normalized spacial score (nSPS) is 16.5. The van der Waals surface area contributed by atoms with Gasteiger partial charge in [0.05, 0.1) is 0 Å². The molecule has 1 N–H and O–H groups in total. The van der Waals surface area contributed by atoms with Gasteiger partial charge in [0.1, 0.15) is 6.10 Å². The lowest BCUT2D eigenvalue weighted by Gasteiger charge is -2.30. The van der Waals surface area contributed by atoms with E-state index in [1.165, 1.54) is 0 Å². The molecule has 0 unspecified atom stereocenters. The van der Waals surface area contributed by atoms with E-state index in [0.717, 1.165) is 10.6 Å². The molecule has 0 radical (unpaired) electrons. The van der Waals surface area contributed by atoms with Crippen molar-refractivity contribution >= 4 is 12.1 Å². The molecule has 2 rings (SSSR count). The number of nitrogens with zero attached hydrogens (tertiary/aromatic N) is 1. The van der Waals surface area contributed by atoms with E-state index in [-0.39, 0.29) is 25.9 Å². The van der Waals surface area contributed by atoms with E-state index in [2.05, 4.69) is 10.2 Å². The molecule has 132 valence electrons. The van der Waals surface area contributed by atoms with Gasteiger partial charge in [0, 0.05) is 32.5 Å². The van der Waals surface area contributed by atoms with Crippen LogP contribution < -0.4 is 5.32 Å². The molecule has 1 aromatic carbocycles. The third kappa shape index (κ3) is 5.73. The van der Waals surface area contributed by atoms with E-state index in [0.29, 0.717) is 6.54 Å². The number of hydroxylamine groups is 2. The molecule has 24 heavy (non-hydrogen) atoms. The second-order valence-corrected chi connectivity index (χ2v) is 5.25. The van der Waals surface area contributed by atoms with Crippen LogP contribution in [-0.2, 0) is 20.9 Å². The minimum Gasteiger partial charge on any atom is -0.446 e. The molecule has 6 nitrogen and oxygen atoms in total. The van der Waals surface area contributed by atoms with Gasteiger partial charge in [-0.15, -0.1) is 5.06 Å². The van der Waals surface area contributed by atoms with E-state index in [1.54, 1.807) is 0 Å². The number of hydrogen-bond donors (Lipinski definition) is 1. The molecular weight excluding hydrogens is 329 g/mol. The van der Waals surface area contributed by atoms with Crippen LogP contribution in [0.1, 0.15) is 18.4 Å². The third-order valence-electron chi connectivity index (χ3n) is 3.40. The number of hydrogen-bond acceptors (Lipinski definition) is 5. The number of alkyl halides is 3. The smallest absolute Gasteiger partial charge is 0.446 e. The van der Waals surface area contributed by atoms with E-state index >= 15 is 0 Å². The van der Waals surface area contributed by atoms with Crippen LogP contribution in [0.2, 0.25) is 0 Å². The van der Waals surface area contributed by atoms with E-state index < -0.39 is 24.3 Å². The van der Waals surface area contributed by atoms with Gasteiger partial charge in [-0.3, -0.25) is 0 Å². The molecule has 1 heterocycles. The fourth-order valence-electron chi connectivity index (χ4n) is 2.17. The number of nitrogens with one attached hydrogen (secondary N) is 1. The van der Waals surface area contributed by atoms with Crippen LogP contribution in [0.15, 0.2) is 30.3 Å². The van der Waals surface area contributed by atoms with Gasteiger partial charge >= 0.3 is 18.2 Å². The molecule has 9 heteroatoms. The summed E-state index contributed by atoms with van der Waals surface area (Å²) in [5, 5.41) is 3.53. The molecule has 1 fully saturated rings. The molecule has 0 saturated carbocycles. The Balaban J connectivity index is 1.67. The van der Waals surface area contributed by atoms with Gasteiger partial charge in [0.15, 0.2) is 0 Å². The maximum absolute atomic E-state index is 12.1. The highest BCUT2D eigenvalue weighted by molar-refractivity contribution is 5.75. The Labute approximate surface area is 136 Å². The van der Waals surface area contributed by atoms with Crippen molar-refractivity contribution in [2.45, 2.75) is 31.7 Å². The van der Waals surface area contributed by atoms with Gasteiger partial charge in [-0.2, -0.15) is 13.2 Å². The zero-order chi connectivity index (χ0) is 17.6. The number of rotatable bonds is 4. The Morgan fingerprint density at radius 3 is 2.38 bits per heavy atom. The fourth-order valence-corrected chi connectivity index (χ4v) is 2.17. The monoisotopic (exact) mass is 346 g/mol. The quantitative estimate of drug-likeness (QED) is 0.907. The van der Waals surface area contributed by atoms with Crippen molar-refractivity contribution in [3.63, 3.8) is 0 Å². The molecule has 1 saturated heterocycles. The number of piperidine rings is 1. The van der Waals surface area contributed by atoms with Crippen LogP contribution in [0.3, 0.4) is 0 Å². The lowest BCUT2D eigenvalue weighted by molar-refractivity contribution is -0.243. The van der Waals surface area contributed by atoms with Crippen molar-refractivity contribution in [3.8, 4) is 0 Å². The van der Waals surface area contributed by atoms with Crippen LogP contribution in [0, 0.1) is 0 Å². The van der Waals surface area contributed by atoms with Gasteiger partial charge in [-0.1, -0.05) is 30.3 Å². The Morgan fingerprint density at radius 2 is 1.79 bits per heavy atom. The summed E-state index contributed by atoms with van der Waals surface area (Å²) >= 11 is 0. The maximum atomic E-state index is 12.1. The first-order valence-corrected chi connectivity index (χ1v) is 7.37. The van der Waals surface area contributed by atoms with Crippen LogP contribution in [0.4, 0.5) is 18.0 Å². The summed E-state index contributed by atoms with van der Waals surface area (Å²) in [6.07, 6.45) is -5.48. The Morgan fingerprint density at radius 1 is 1.17 bits per heavy atom. The summed E-state index contributed by atoms with van der Waals surface area (Å²) in [7, 11) is 0. The highest BCUT2D eigenvalue weighted by Gasteiger charge is 2.43. The van der Waals surface area contributed by atoms with Crippen molar-refractivity contribution in [1.29, 1.82) is 0 Å². The second kappa shape index (κ2) is 8.00. The molecule has 1 amide bonds. The largest absolute Gasteiger partial charge is 0.492 e. The molecule has 0 aromatic heterocycles. The van der Waals surface area contributed by atoms with Crippen LogP contribution in [-0.4, -0.2) is 42.5 Å². The van der Waals surface area contributed by atoms with Gasteiger partial charge < -0.3 is 14.9 Å². The summed E-state index contributed by atoms with van der Waals surface area (Å²) in [6.45, 7) is 0.457. The second-order valence-electron chi connectivity index (χ2n) is 5.25. The van der Waals surface area contributed by atoms with Crippen molar-refractivity contribution in [2.75, 3.05) is 13.1 Å². The number of amides is 1. The average molecular weight is 346 g/mol. The zero-order valence-corrected chi connectivity index (χ0v) is 12.7. The Bertz CT molecular complexity index is 558. The summed E-state index contributed by atoms with van der Waals surface area (Å²) < 4.78 is 41.5. The molecule has 1 aromatic rings. The number of benzene rings is 1. The first-order valence-electron chi connectivity index (χ1n) is 7.37. The topological polar surface area (TPSA) is 67.9 Å². The average Bonchev–Trinajstić information content (AvgIpc) is 2.55. The summed E-state index contributed by atoms with van der Waals surface area (Å²) in [5.74, 6) is -2.25. The van der Waals surface area contributed by atoms with E-state index in [1.807, 2.05) is 30.3 Å². The first kappa shape index (κ1) is 18.1. The first-order chi connectivity index (χ1) is 11.3. The van der Waals surface area contributed by atoms with Crippen molar-refractivity contribution in [1.82, 2.24) is 10.4 Å². The molecule has 0 spiro atoms. The zero-order valence-electron chi connectivity index (χ0n) is 12.7. The molecule has 0 atom stereocenters. The van der Waals surface area contributed by atoms with E-state index in [4.69, 9.17) is 4.74 Å². The van der Waals surface area contributed by atoms with Crippen molar-refractivity contribution in [2.24, 2.45) is 0 Å². The number of carbonyl (C=O) groups is 2. The molecule has 1 aliphatic rings. The minimum atomic E-state index is -5.02. The standard InChI is InChI=1S/C15H17F3N2O4/c16-15(17,18)13(21)24-20-8-6-12(7-9-20)23-14(22)19-10-11-4-2-1-3-5-11/h1-5,12H,6-10H2,(H,19,22). The molecule has 0 aliphatic carbocycles. The number of carbonyl (C=O) groups excluding carboxylic acids is 2. The lowest BCUT2D eigenvalue weighted by Crippen LogP contribution is -2.42. The van der Waals surface area contributed by atoms with Gasteiger partial charge in [-0.05, 0) is 5.56 Å². The van der Waals surface area contributed by atoms with Gasteiger partial charge in [0.2, 0.25) is 0 Å². The fraction of sp³-hybridized carbons (Fsp3) is 0.467. The predicted molar refractivity (Wildman–Crippen MR) is 76.5 cm³/mol. The number of halogens is 3. The molecule has 0 bridgehead atoms. The molecular formula is C15H17F3N2O4. The molecule has 1 aliphatic heterocycles. The van der Waals surface area contributed by atoms with Crippen LogP contribution in [0.5, 0.6) is 0 Å². The Kier molecular flexibility index (Phi) is 6.02. The maximum Gasteiger partial charge on any atom is 0.492 e. The summed E-state index contributed by atoms with van der Waals surface area (Å²) in [6, 6.07) is 9.27. The van der Waals surface area contributed by atoms with Crippen LogP contribution in [0.25, 0.3) is 0 Å². The van der Waals surface area contributed by atoms with Crippen LogP contribution >= 0.6 is 0 Å². The highest BCUT2D eigenvalue weighted by atomic mass is 19.4. The Hall–Kier alpha value is -2.29. The minimum absolute atomic E-state index is 0.0679. The SMILES string of the molecule is O=C(NCc1ccccc1)OC1CCN(OC(=O)C(F)(F)F)CC1. The number of ether oxygens (including phenoxy) is 1. The third-order valence-corrected chi connectivity index (χ3v) is 3.40. The predicted octanol–water partition coefficient (Wildman–Crippen LogP) is 2.40. The van der Waals surface area contributed by atoms with Gasteiger partial charge in [-0.25, -0.2) is 9.59 Å². The van der Waals surface area contributed by atoms with Crippen molar-refractivity contribution in [3.05, 3.63) is 35.9 Å².